The zero-order chi connectivity index (χ0) is 14.5. The minimum Gasteiger partial charge on any atom is -0.435 e. The lowest BCUT2D eigenvalue weighted by Gasteiger charge is -2.07. The molecule has 1 aromatic carbocycles. The molecule has 0 fully saturated rings. The Balaban J connectivity index is 2.18. The van der Waals surface area contributed by atoms with Crippen LogP contribution in [0.4, 0.5) is 8.78 Å². The molecule has 0 amide bonds. The molecule has 6 heteroatoms. The van der Waals surface area contributed by atoms with Gasteiger partial charge in [-0.2, -0.15) is 13.9 Å². The number of aromatic nitrogens is 2. The molecular formula is C14H14F2N2O2. The first kappa shape index (κ1) is 14.2. The van der Waals surface area contributed by atoms with Crippen LogP contribution in [0, 0.1) is 0 Å². The first-order chi connectivity index (χ1) is 9.61. The Kier molecular flexibility index (Phi) is 4.45. The van der Waals surface area contributed by atoms with E-state index in [4.69, 9.17) is 0 Å². The molecule has 0 radical (unpaired) electrons. The standard InChI is InChI=1S/C14H14F2N2O2/c1-2-9-18-12(7-8-17-18)13(19)10-3-5-11(6-4-10)20-14(15)16/h3-8,14H,2,9H2,1H3. The number of ketones is 1. The molecule has 0 aliphatic carbocycles. The number of carbonyl (C=O) groups is 1. The molecule has 2 aromatic rings. The van der Waals surface area contributed by atoms with Gasteiger partial charge in [-0.1, -0.05) is 6.92 Å². The molecular weight excluding hydrogens is 266 g/mol. The molecule has 1 heterocycles. The van der Waals surface area contributed by atoms with Crippen molar-refractivity contribution in [2.45, 2.75) is 26.5 Å². The van der Waals surface area contributed by atoms with E-state index in [-0.39, 0.29) is 11.5 Å². The number of rotatable bonds is 6. The predicted molar refractivity (Wildman–Crippen MR) is 69.0 cm³/mol. The van der Waals surface area contributed by atoms with Crippen LogP contribution in [0.2, 0.25) is 0 Å². The summed E-state index contributed by atoms with van der Waals surface area (Å²) < 4.78 is 30.0. The van der Waals surface area contributed by atoms with E-state index in [1.165, 1.54) is 24.3 Å². The highest BCUT2D eigenvalue weighted by atomic mass is 19.3. The quantitative estimate of drug-likeness (QED) is 0.764. The lowest BCUT2D eigenvalue weighted by Crippen LogP contribution is -2.11. The Morgan fingerprint density at radius 2 is 2.00 bits per heavy atom. The van der Waals surface area contributed by atoms with E-state index in [2.05, 4.69) is 9.84 Å². The summed E-state index contributed by atoms with van der Waals surface area (Å²) >= 11 is 0. The van der Waals surface area contributed by atoms with Crippen molar-refractivity contribution in [3.8, 4) is 5.75 Å². The summed E-state index contributed by atoms with van der Waals surface area (Å²) in [7, 11) is 0. The fourth-order valence-electron chi connectivity index (χ4n) is 1.85. The van der Waals surface area contributed by atoms with Crippen LogP contribution in [-0.4, -0.2) is 22.2 Å². The zero-order valence-electron chi connectivity index (χ0n) is 10.9. The minimum atomic E-state index is -2.87. The van der Waals surface area contributed by atoms with Crippen molar-refractivity contribution in [2.75, 3.05) is 0 Å². The van der Waals surface area contributed by atoms with Crippen LogP contribution < -0.4 is 4.74 Å². The average molecular weight is 280 g/mol. The molecule has 20 heavy (non-hydrogen) atoms. The van der Waals surface area contributed by atoms with Crippen LogP contribution in [0.3, 0.4) is 0 Å². The van der Waals surface area contributed by atoms with Gasteiger partial charge in [-0.15, -0.1) is 0 Å². The second kappa shape index (κ2) is 6.27. The maximum absolute atomic E-state index is 12.3. The second-order valence-electron chi connectivity index (χ2n) is 4.17. The van der Waals surface area contributed by atoms with E-state index in [0.717, 1.165) is 6.42 Å². The lowest BCUT2D eigenvalue weighted by atomic mass is 10.1. The molecule has 0 bridgehead atoms. The Morgan fingerprint density at radius 3 is 2.60 bits per heavy atom. The lowest BCUT2D eigenvalue weighted by molar-refractivity contribution is -0.0498. The third-order valence-electron chi connectivity index (χ3n) is 2.73. The smallest absolute Gasteiger partial charge is 0.387 e. The van der Waals surface area contributed by atoms with Crippen molar-refractivity contribution in [1.29, 1.82) is 0 Å². The van der Waals surface area contributed by atoms with Gasteiger partial charge in [0.15, 0.2) is 0 Å². The van der Waals surface area contributed by atoms with Gasteiger partial charge < -0.3 is 4.74 Å². The molecule has 0 aliphatic heterocycles. The van der Waals surface area contributed by atoms with E-state index in [1.54, 1.807) is 16.9 Å². The van der Waals surface area contributed by atoms with Crippen LogP contribution in [0.25, 0.3) is 0 Å². The number of halogens is 2. The maximum atomic E-state index is 12.3. The molecule has 0 saturated carbocycles. The minimum absolute atomic E-state index is 0.0265. The van der Waals surface area contributed by atoms with E-state index >= 15 is 0 Å². The molecule has 2 rings (SSSR count). The van der Waals surface area contributed by atoms with Gasteiger partial charge in [0.2, 0.25) is 5.78 Å². The van der Waals surface area contributed by atoms with Crippen LogP contribution in [0.15, 0.2) is 36.5 Å². The van der Waals surface area contributed by atoms with E-state index < -0.39 is 6.61 Å². The normalized spacial score (nSPS) is 10.8. The van der Waals surface area contributed by atoms with Crippen molar-refractivity contribution in [3.63, 3.8) is 0 Å². The number of nitrogens with zero attached hydrogens (tertiary/aromatic N) is 2. The van der Waals surface area contributed by atoms with Gasteiger partial charge in [0.1, 0.15) is 11.4 Å². The van der Waals surface area contributed by atoms with Crippen molar-refractivity contribution in [2.24, 2.45) is 0 Å². The summed E-state index contributed by atoms with van der Waals surface area (Å²) in [6.45, 7) is -0.227. The number of aryl methyl sites for hydroxylation is 1. The van der Waals surface area contributed by atoms with Gasteiger partial charge in [0.05, 0.1) is 0 Å². The second-order valence-corrected chi connectivity index (χ2v) is 4.17. The summed E-state index contributed by atoms with van der Waals surface area (Å²) in [6.07, 6.45) is 2.43. The highest BCUT2D eigenvalue weighted by Gasteiger charge is 2.14. The highest BCUT2D eigenvalue weighted by molar-refractivity contribution is 6.07. The SMILES string of the molecule is CCCn1nccc1C(=O)c1ccc(OC(F)F)cc1. The van der Waals surface area contributed by atoms with Crippen molar-refractivity contribution in [1.82, 2.24) is 9.78 Å². The van der Waals surface area contributed by atoms with E-state index in [1.807, 2.05) is 6.92 Å². The van der Waals surface area contributed by atoms with Gasteiger partial charge in [-0.05, 0) is 36.8 Å². The number of hydrogen-bond donors (Lipinski definition) is 0. The Morgan fingerprint density at radius 1 is 1.30 bits per heavy atom. The topological polar surface area (TPSA) is 44.1 Å². The number of ether oxygens (including phenoxy) is 1. The fraction of sp³-hybridized carbons (Fsp3) is 0.286. The number of carbonyl (C=O) groups excluding carboxylic acids is 1. The van der Waals surface area contributed by atoms with Gasteiger partial charge in [-0.3, -0.25) is 9.48 Å². The van der Waals surface area contributed by atoms with Gasteiger partial charge in [-0.25, -0.2) is 0 Å². The number of alkyl halides is 2. The van der Waals surface area contributed by atoms with Crippen molar-refractivity contribution in [3.05, 3.63) is 47.8 Å². The molecule has 0 saturated heterocycles. The molecule has 4 nitrogen and oxygen atoms in total. The monoisotopic (exact) mass is 280 g/mol. The fourth-order valence-corrected chi connectivity index (χ4v) is 1.85. The maximum Gasteiger partial charge on any atom is 0.387 e. The predicted octanol–water partition coefficient (Wildman–Crippen LogP) is 3.13. The number of hydrogen-bond acceptors (Lipinski definition) is 3. The van der Waals surface area contributed by atoms with Crippen LogP contribution in [-0.2, 0) is 6.54 Å². The first-order valence-electron chi connectivity index (χ1n) is 6.23. The Bertz CT molecular complexity index is 579. The molecule has 0 atom stereocenters. The van der Waals surface area contributed by atoms with Crippen LogP contribution in [0.1, 0.15) is 29.4 Å². The van der Waals surface area contributed by atoms with E-state index in [0.29, 0.717) is 17.8 Å². The molecule has 1 aromatic heterocycles. The molecule has 0 unspecified atom stereocenters. The molecule has 0 aliphatic rings. The van der Waals surface area contributed by atoms with Crippen LogP contribution >= 0.6 is 0 Å². The van der Waals surface area contributed by atoms with Crippen molar-refractivity contribution < 1.29 is 18.3 Å². The Labute approximate surface area is 115 Å². The third kappa shape index (κ3) is 3.20. The Hall–Kier alpha value is -2.24. The zero-order valence-corrected chi connectivity index (χ0v) is 10.9. The van der Waals surface area contributed by atoms with Crippen LogP contribution in [0.5, 0.6) is 5.75 Å². The summed E-state index contributed by atoms with van der Waals surface area (Å²) in [5.74, 6) is -0.168. The van der Waals surface area contributed by atoms with Crippen molar-refractivity contribution >= 4 is 5.78 Å². The summed E-state index contributed by atoms with van der Waals surface area (Å²) in [5.41, 5.74) is 0.888. The summed E-state index contributed by atoms with van der Waals surface area (Å²) in [4.78, 5) is 12.3. The molecule has 106 valence electrons. The number of benzene rings is 1. The third-order valence-corrected chi connectivity index (χ3v) is 2.73. The van der Waals surface area contributed by atoms with E-state index in [9.17, 15) is 13.6 Å². The molecule has 0 spiro atoms. The van der Waals surface area contributed by atoms with Gasteiger partial charge in [0.25, 0.3) is 0 Å². The van der Waals surface area contributed by atoms with Gasteiger partial charge in [0, 0.05) is 18.3 Å². The largest absolute Gasteiger partial charge is 0.435 e. The van der Waals surface area contributed by atoms with Gasteiger partial charge >= 0.3 is 6.61 Å². The average Bonchev–Trinajstić information content (AvgIpc) is 2.87. The first-order valence-corrected chi connectivity index (χ1v) is 6.23. The summed E-state index contributed by atoms with van der Waals surface area (Å²) in [5, 5.41) is 4.08. The molecule has 0 N–H and O–H groups in total. The summed E-state index contributed by atoms with van der Waals surface area (Å²) in [6, 6.07) is 7.26. The highest BCUT2D eigenvalue weighted by Crippen LogP contribution is 2.17.